The normalized spacial score (nSPS) is 15.3. The van der Waals surface area contributed by atoms with Gasteiger partial charge < -0.3 is 34.5 Å². The van der Waals surface area contributed by atoms with Crippen molar-refractivity contribution in [3.05, 3.63) is 76.7 Å². The zero-order valence-corrected chi connectivity index (χ0v) is 26.2. The van der Waals surface area contributed by atoms with E-state index in [1.807, 2.05) is 25.1 Å². The third kappa shape index (κ3) is 7.62. The number of carbonyl (C=O) groups is 1. The summed E-state index contributed by atoms with van der Waals surface area (Å²) in [6.07, 6.45) is 0. The van der Waals surface area contributed by atoms with Gasteiger partial charge in [-0.3, -0.25) is 9.69 Å². The number of aryl methyl sites for hydroxylation is 1. The van der Waals surface area contributed by atoms with Gasteiger partial charge in [0.05, 0.1) is 6.61 Å². The van der Waals surface area contributed by atoms with Crippen molar-refractivity contribution < 1.29 is 23.7 Å². The Morgan fingerprint density at radius 3 is 2.59 bits per heavy atom. The summed E-state index contributed by atoms with van der Waals surface area (Å²) in [5.41, 5.74) is 3.16. The van der Waals surface area contributed by atoms with Crippen molar-refractivity contribution in [2.75, 3.05) is 76.5 Å². The SMILES string of the molecule is CCN1CCN(CCOc2ccc3cc(COCNc4cc(NC(=O)c5ccc6c(c5)OCCO6)ccc4C)sc3c2)CC1. The lowest BCUT2D eigenvalue weighted by atomic mass is 10.1. The molecule has 0 radical (unpaired) electrons. The fourth-order valence-electron chi connectivity index (χ4n) is 5.41. The summed E-state index contributed by atoms with van der Waals surface area (Å²) in [6.45, 7) is 13.4. The number of ether oxygens (including phenoxy) is 4. The second-order valence-electron chi connectivity index (χ2n) is 11.0. The van der Waals surface area contributed by atoms with E-state index in [0.29, 0.717) is 55.9 Å². The summed E-state index contributed by atoms with van der Waals surface area (Å²) in [4.78, 5) is 19.0. The quantitative estimate of drug-likeness (QED) is 0.152. The molecule has 0 bridgehead atoms. The Labute approximate surface area is 262 Å². The number of piperazine rings is 1. The molecule has 2 N–H and O–H groups in total. The van der Waals surface area contributed by atoms with Crippen LogP contribution in [-0.4, -0.2) is 81.5 Å². The van der Waals surface area contributed by atoms with Crippen LogP contribution < -0.4 is 24.8 Å². The van der Waals surface area contributed by atoms with Gasteiger partial charge in [-0.25, -0.2) is 0 Å². The average Bonchev–Trinajstić information content (AvgIpc) is 3.46. The monoisotopic (exact) mass is 616 g/mol. The third-order valence-corrected chi connectivity index (χ3v) is 9.11. The molecule has 9 nitrogen and oxygen atoms in total. The molecule has 3 heterocycles. The van der Waals surface area contributed by atoms with Crippen molar-refractivity contribution in [2.45, 2.75) is 20.5 Å². The van der Waals surface area contributed by atoms with Crippen LogP contribution in [0.25, 0.3) is 10.1 Å². The summed E-state index contributed by atoms with van der Waals surface area (Å²) < 4.78 is 24.4. The maximum Gasteiger partial charge on any atom is 0.255 e. The minimum atomic E-state index is -0.211. The number of anilines is 2. The van der Waals surface area contributed by atoms with Crippen molar-refractivity contribution in [2.24, 2.45) is 0 Å². The molecule has 0 atom stereocenters. The van der Waals surface area contributed by atoms with E-state index in [-0.39, 0.29) is 5.91 Å². The van der Waals surface area contributed by atoms with Crippen LogP contribution in [0.2, 0.25) is 0 Å². The van der Waals surface area contributed by atoms with Crippen molar-refractivity contribution in [3.63, 3.8) is 0 Å². The van der Waals surface area contributed by atoms with Gasteiger partial charge in [-0.05, 0) is 79.0 Å². The first-order valence-corrected chi connectivity index (χ1v) is 16.1. The topological polar surface area (TPSA) is 84.5 Å². The molecular weight excluding hydrogens is 576 g/mol. The van der Waals surface area contributed by atoms with Crippen molar-refractivity contribution in [1.82, 2.24) is 9.80 Å². The van der Waals surface area contributed by atoms with Gasteiger partial charge in [0, 0.05) is 59.2 Å². The van der Waals surface area contributed by atoms with Crippen LogP contribution in [0.4, 0.5) is 11.4 Å². The van der Waals surface area contributed by atoms with Crippen molar-refractivity contribution >= 4 is 38.7 Å². The second-order valence-corrected chi connectivity index (χ2v) is 12.2. The summed E-state index contributed by atoms with van der Waals surface area (Å²) in [5.74, 6) is 1.95. The van der Waals surface area contributed by atoms with Gasteiger partial charge in [0.25, 0.3) is 5.91 Å². The van der Waals surface area contributed by atoms with Gasteiger partial charge >= 0.3 is 0 Å². The van der Waals surface area contributed by atoms with Crippen molar-refractivity contribution in [3.8, 4) is 17.2 Å². The number of thiophene rings is 1. The highest BCUT2D eigenvalue weighted by Gasteiger charge is 2.16. The van der Waals surface area contributed by atoms with Gasteiger partial charge in [0.2, 0.25) is 0 Å². The van der Waals surface area contributed by atoms with Gasteiger partial charge in [-0.1, -0.05) is 13.0 Å². The molecule has 10 heteroatoms. The Bertz CT molecular complexity index is 1580. The first kappa shape index (κ1) is 30.2. The molecule has 44 heavy (non-hydrogen) atoms. The predicted molar refractivity (Wildman–Crippen MR) is 176 cm³/mol. The average molecular weight is 617 g/mol. The van der Waals surface area contributed by atoms with Crippen LogP contribution >= 0.6 is 11.3 Å². The van der Waals surface area contributed by atoms with E-state index in [1.165, 1.54) is 10.1 Å². The van der Waals surface area contributed by atoms with Crippen LogP contribution in [-0.2, 0) is 11.3 Å². The van der Waals surface area contributed by atoms with E-state index in [2.05, 4.69) is 51.6 Å². The minimum Gasteiger partial charge on any atom is -0.492 e. The number of carbonyl (C=O) groups excluding carboxylic acids is 1. The van der Waals surface area contributed by atoms with Crippen LogP contribution in [0.15, 0.2) is 60.7 Å². The Balaban J connectivity index is 0.963. The number of nitrogens with one attached hydrogen (secondary N) is 2. The van der Waals surface area contributed by atoms with E-state index in [9.17, 15) is 4.79 Å². The number of fused-ring (bicyclic) bond motifs is 2. The summed E-state index contributed by atoms with van der Waals surface area (Å²) in [7, 11) is 0. The molecule has 4 aromatic rings. The first-order chi connectivity index (χ1) is 21.5. The lowest BCUT2D eigenvalue weighted by molar-refractivity contribution is 0.102. The number of benzene rings is 3. The molecule has 1 saturated heterocycles. The van der Waals surface area contributed by atoms with E-state index in [4.69, 9.17) is 18.9 Å². The predicted octanol–water partition coefficient (Wildman–Crippen LogP) is 5.84. The van der Waals surface area contributed by atoms with Gasteiger partial charge in [0.15, 0.2) is 11.5 Å². The van der Waals surface area contributed by atoms with Gasteiger partial charge in [-0.15, -0.1) is 11.3 Å². The van der Waals surface area contributed by atoms with Crippen LogP contribution in [0.5, 0.6) is 17.2 Å². The molecule has 1 fully saturated rings. The van der Waals surface area contributed by atoms with Gasteiger partial charge in [0.1, 0.15) is 32.3 Å². The zero-order chi connectivity index (χ0) is 30.3. The number of amides is 1. The lowest BCUT2D eigenvalue weighted by Gasteiger charge is -2.33. The Morgan fingerprint density at radius 2 is 1.75 bits per heavy atom. The zero-order valence-electron chi connectivity index (χ0n) is 25.4. The highest BCUT2D eigenvalue weighted by atomic mass is 32.1. The minimum absolute atomic E-state index is 0.211. The summed E-state index contributed by atoms with van der Waals surface area (Å²) in [5, 5.41) is 7.51. The molecule has 2 aliphatic heterocycles. The molecule has 6 rings (SSSR count). The molecule has 2 aliphatic rings. The van der Waals surface area contributed by atoms with Crippen LogP contribution in [0.3, 0.4) is 0 Å². The van der Waals surface area contributed by atoms with Crippen LogP contribution in [0.1, 0.15) is 27.7 Å². The highest BCUT2D eigenvalue weighted by Crippen LogP contribution is 2.32. The molecule has 232 valence electrons. The molecule has 0 spiro atoms. The smallest absolute Gasteiger partial charge is 0.255 e. The number of nitrogens with zero attached hydrogens (tertiary/aromatic N) is 2. The number of likely N-dealkylation sites (N-methyl/N-ethyl adjacent to an activating group) is 1. The number of hydrogen-bond acceptors (Lipinski definition) is 9. The summed E-state index contributed by atoms with van der Waals surface area (Å²) in [6, 6.07) is 19.5. The lowest BCUT2D eigenvalue weighted by Crippen LogP contribution is -2.47. The maximum atomic E-state index is 12.9. The molecular formula is C34H40N4O5S. The second kappa shape index (κ2) is 14.3. The Hall–Kier alpha value is -3.83. The van der Waals surface area contributed by atoms with E-state index < -0.39 is 0 Å². The van der Waals surface area contributed by atoms with E-state index in [1.54, 1.807) is 29.5 Å². The van der Waals surface area contributed by atoms with Crippen LogP contribution in [0, 0.1) is 6.92 Å². The van der Waals surface area contributed by atoms with Crippen molar-refractivity contribution in [1.29, 1.82) is 0 Å². The third-order valence-electron chi connectivity index (χ3n) is 8.04. The van der Waals surface area contributed by atoms with Gasteiger partial charge in [-0.2, -0.15) is 0 Å². The van der Waals surface area contributed by atoms with E-state index in [0.717, 1.165) is 61.1 Å². The molecule has 0 aliphatic carbocycles. The molecule has 1 amide bonds. The summed E-state index contributed by atoms with van der Waals surface area (Å²) >= 11 is 1.73. The first-order valence-electron chi connectivity index (χ1n) is 15.3. The highest BCUT2D eigenvalue weighted by molar-refractivity contribution is 7.19. The standard InChI is InChI=1S/C34H40N4O5S/c1-3-37-10-12-38(13-11-37)14-15-41-28-8-5-25-18-29(44-33(25)21-28)22-40-23-35-30-20-27(7-4-24(30)2)36-34(39)26-6-9-31-32(19-26)43-17-16-42-31/h4-9,18-21,35H,3,10-17,22-23H2,1-2H3,(H,36,39). The molecule has 0 unspecified atom stereocenters. The van der Waals surface area contributed by atoms with E-state index >= 15 is 0 Å². The number of rotatable bonds is 12. The molecule has 3 aromatic carbocycles. The fraction of sp³-hybridized carbons (Fsp3) is 0.382. The number of hydrogen-bond donors (Lipinski definition) is 2. The largest absolute Gasteiger partial charge is 0.492 e. The fourth-order valence-corrected chi connectivity index (χ4v) is 6.44. The Morgan fingerprint density at radius 1 is 0.932 bits per heavy atom. The maximum absolute atomic E-state index is 12.9. The molecule has 1 aromatic heterocycles. The Kier molecular flexibility index (Phi) is 9.82. The molecule has 0 saturated carbocycles.